The van der Waals surface area contributed by atoms with Crippen molar-refractivity contribution in [2.24, 2.45) is 0 Å². The number of anilines is 1. The molecule has 1 heterocycles. The van der Waals surface area contributed by atoms with Crippen molar-refractivity contribution < 1.29 is 13.5 Å². The minimum absolute atomic E-state index is 0.109. The number of benzene rings is 1. The van der Waals surface area contributed by atoms with E-state index in [1.54, 1.807) is 12.1 Å². The van der Waals surface area contributed by atoms with Crippen LogP contribution in [0.5, 0.6) is 0 Å². The summed E-state index contributed by atoms with van der Waals surface area (Å²) in [5.74, 6) is 5.16. The number of rotatable bonds is 3. The molecule has 0 fully saturated rings. The first-order valence-electron chi connectivity index (χ1n) is 6.09. The lowest BCUT2D eigenvalue weighted by Crippen LogP contribution is -2.12. The standard InChI is InChI=1S/C14H14N2O3S2/c1-10-11(2)20-14(15-10)16-21(18,19)13-7-3-5-12(9-13)6-4-8-17/h3,5,7,9,17H,8H2,1-2H3,(H,15,16). The van der Waals surface area contributed by atoms with Crippen molar-refractivity contribution in [2.45, 2.75) is 18.7 Å². The van der Waals surface area contributed by atoms with Crippen LogP contribution >= 0.6 is 11.3 Å². The Balaban J connectivity index is 2.31. The molecule has 110 valence electrons. The highest BCUT2D eigenvalue weighted by molar-refractivity contribution is 7.93. The molecule has 1 aromatic heterocycles. The Morgan fingerprint density at radius 2 is 2.14 bits per heavy atom. The van der Waals surface area contributed by atoms with Crippen LogP contribution in [0.15, 0.2) is 29.2 Å². The van der Waals surface area contributed by atoms with Crippen LogP contribution in [-0.4, -0.2) is 25.1 Å². The van der Waals surface area contributed by atoms with Crippen LogP contribution in [0.2, 0.25) is 0 Å². The Hall–Kier alpha value is -1.88. The van der Waals surface area contributed by atoms with Crippen LogP contribution in [-0.2, 0) is 10.0 Å². The van der Waals surface area contributed by atoms with E-state index in [2.05, 4.69) is 21.5 Å². The second kappa shape index (κ2) is 6.26. The fourth-order valence-corrected chi connectivity index (χ4v) is 3.67. The number of sulfonamides is 1. The van der Waals surface area contributed by atoms with Gasteiger partial charge in [0, 0.05) is 10.4 Å². The Morgan fingerprint density at radius 3 is 2.76 bits per heavy atom. The Bertz CT molecular complexity index is 795. The zero-order valence-corrected chi connectivity index (χ0v) is 13.2. The molecule has 21 heavy (non-hydrogen) atoms. The number of thiazole rings is 1. The van der Waals surface area contributed by atoms with Crippen molar-refractivity contribution >= 4 is 26.5 Å². The van der Waals surface area contributed by atoms with Gasteiger partial charge < -0.3 is 5.11 Å². The highest BCUT2D eigenvalue weighted by atomic mass is 32.2. The molecule has 1 aromatic carbocycles. The Kier molecular flexibility index (Phi) is 4.63. The fourth-order valence-electron chi connectivity index (χ4n) is 1.57. The molecule has 7 heteroatoms. The van der Waals surface area contributed by atoms with Gasteiger partial charge in [0.15, 0.2) is 5.13 Å². The minimum atomic E-state index is -3.70. The summed E-state index contributed by atoms with van der Waals surface area (Å²) in [5, 5.41) is 9.01. The van der Waals surface area contributed by atoms with Gasteiger partial charge in [-0.2, -0.15) is 0 Å². The van der Waals surface area contributed by atoms with Gasteiger partial charge in [-0.1, -0.05) is 17.9 Å². The van der Waals surface area contributed by atoms with E-state index in [4.69, 9.17) is 5.11 Å². The molecule has 0 atom stereocenters. The summed E-state index contributed by atoms with van der Waals surface area (Å²) in [6, 6.07) is 6.23. The second-order valence-electron chi connectivity index (χ2n) is 4.25. The number of aryl methyl sites for hydroxylation is 2. The number of hydrogen-bond acceptors (Lipinski definition) is 5. The maximum absolute atomic E-state index is 12.3. The molecular formula is C14H14N2O3S2. The predicted octanol–water partition coefficient (Wildman–Crippen LogP) is 1.90. The van der Waals surface area contributed by atoms with Gasteiger partial charge in [0.25, 0.3) is 10.0 Å². The van der Waals surface area contributed by atoms with Crippen LogP contribution < -0.4 is 4.72 Å². The molecule has 0 aliphatic heterocycles. The van der Waals surface area contributed by atoms with Crippen LogP contribution in [0.4, 0.5) is 5.13 Å². The molecule has 2 rings (SSSR count). The lowest BCUT2D eigenvalue weighted by molar-refractivity contribution is 0.350. The summed E-state index contributed by atoms with van der Waals surface area (Å²) in [6.45, 7) is 3.44. The van der Waals surface area contributed by atoms with Gasteiger partial charge in [0.1, 0.15) is 6.61 Å². The van der Waals surface area contributed by atoms with E-state index >= 15 is 0 Å². The number of aliphatic hydroxyl groups is 1. The molecule has 0 spiro atoms. The summed E-state index contributed by atoms with van der Waals surface area (Å²) in [5.41, 5.74) is 1.33. The van der Waals surface area contributed by atoms with E-state index in [9.17, 15) is 8.42 Å². The lowest BCUT2D eigenvalue weighted by atomic mass is 10.2. The number of hydrogen-bond donors (Lipinski definition) is 2. The SMILES string of the molecule is Cc1nc(NS(=O)(=O)c2cccc(C#CCO)c2)sc1C. The van der Waals surface area contributed by atoms with Crippen LogP contribution in [0.1, 0.15) is 16.1 Å². The quantitative estimate of drug-likeness (QED) is 0.846. The largest absolute Gasteiger partial charge is 0.384 e. The first kappa shape index (κ1) is 15.5. The third-order valence-corrected chi connectivity index (χ3v) is 5.16. The van der Waals surface area contributed by atoms with Gasteiger partial charge in [-0.05, 0) is 32.0 Å². The van der Waals surface area contributed by atoms with Gasteiger partial charge in [-0.3, -0.25) is 4.72 Å². The summed E-state index contributed by atoms with van der Waals surface area (Å²) in [7, 11) is -3.70. The highest BCUT2D eigenvalue weighted by Gasteiger charge is 2.16. The number of nitrogens with one attached hydrogen (secondary N) is 1. The van der Waals surface area contributed by atoms with E-state index in [0.29, 0.717) is 10.7 Å². The van der Waals surface area contributed by atoms with Gasteiger partial charge in [0.05, 0.1) is 10.6 Å². The van der Waals surface area contributed by atoms with Crippen LogP contribution in [0.3, 0.4) is 0 Å². The van der Waals surface area contributed by atoms with Crippen LogP contribution in [0.25, 0.3) is 0 Å². The van der Waals surface area contributed by atoms with Crippen molar-refractivity contribution in [1.29, 1.82) is 0 Å². The smallest absolute Gasteiger partial charge is 0.263 e. The molecule has 0 radical (unpaired) electrons. The number of aliphatic hydroxyl groups excluding tert-OH is 1. The topological polar surface area (TPSA) is 79.3 Å². The molecule has 0 saturated heterocycles. The second-order valence-corrected chi connectivity index (χ2v) is 7.14. The van der Waals surface area contributed by atoms with Gasteiger partial charge >= 0.3 is 0 Å². The molecule has 0 unspecified atom stereocenters. The molecule has 0 amide bonds. The van der Waals surface area contributed by atoms with Crippen molar-refractivity contribution in [3.63, 3.8) is 0 Å². The average Bonchev–Trinajstić information content (AvgIpc) is 2.74. The molecule has 0 saturated carbocycles. The normalized spacial score (nSPS) is 10.8. The molecule has 0 aliphatic rings. The minimum Gasteiger partial charge on any atom is -0.384 e. The summed E-state index contributed by atoms with van der Waals surface area (Å²) >= 11 is 1.29. The average molecular weight is 322 g/mol. The van der Waals surface area contributed by atoms with E-state index in [1.165, 1.54) is 23.5 Å². The van der Waals surface area contributed by atoms with Crippen molar-refractivity contribution in [1.82, 2.24) is 4.98 Å². The van der Waals surface area contributed by atoms with Gasteiger partial charge in [0.2, 0.25) is 0 Å². The molecular weight excluding hydrogens is 308 g/mol. The molecule has 0 aliphatic carbocycles. The summed E-state index contributed by atoms with van der Waals surface area (Å²) in [4.78, 5) is 5.24. The lowest BCUT2D eigenvalue weighted by Gasteiger charge is -2.05. The van der Waals surface area contributed by atoms with E-state index in [-0.39, 0.29) is 11.5 Å². The first-order chi connectivity index (χ1) is 9.92. The number of aromatic nitrogens is 1. The van der Waals surface area contributed by atoms with Gasteiger partial charge in [-0.15, -0.1) is 11.3 Å². The zero-order valence-electron chi connectivity index (χ0n) is 11.5. The molecule has 0 bridgehead atoms. The predicted molar refractivity (Wildman–Crippen MR) is 82.8 cm³/mol. The maximum Gasteiger partial charge on any atom is 0.263 e. The zero-order chi connectivity index (χ0) is 15.5. The Labute approximate surface area is 127 Å². The highest BCUT2D eigenvalue weighted by Crippen LogP contribution is 2.24. The van der Waals surface area contributed by atoms with E-state index in [1.807, 2.05) is 13.8 Å². The molecule has 5 nitrogen and oxygen atoms in total. The summed E-state index contributed by atoms with van der Waals surface area (Å²) in [6.07, 6.45) is 0. The molecule has 2 N–H and O–H groups in total. The van der Waals surface area contributed by atoms with Gasteiger partial charge in [-0.25, -0.2) is 13.4 Å². The van der Waals surface area contributed by atoms with E-state index in [0.717, 1.165) is 10.6 Å². The third kappa shape index (κ3) is 3.82. The fraction of sp³-hybridized carbons (Fsp3) is 0.214. The van der Waals surface area contributed by atoms with E-state index < -0.39 is 10.0 Å². The first-order valence-corrected chi connectivity index (χ1v) is 8.39. The van der Waals surface area contributed by atoms with Crippen molar-refractivity contribution in [3.8, 4) is 11.8 Å². The summed E-state index contributed by atoms with van der Waals surface area (Å²) < 4.78 is 27.1. The van der Waals surface area contributed by atoms with Crippen molar-refractivity contribution in [3.05, 3.63) is 40.4 Å². The molecule has 2 aromatic rings. The third-order valence-electron chi connectivity index (χ3n) is 2.71. The van der Waals surface area contributed by atoms with Crippen LogP contribution in [0, 0.1) is 25.7 Å². The number of nitrogens with zero attached hydrogens (tertiary/aromatic N) is 1. The Morgan fingerprint density at radius 1 is 1.38 bits per heavy atom. The van der Waals surface area contributed by atoms with Crippen molar-refractivity contribution in [2.75, 3.05) is 11.3 Å². The monoisotopic (exact) mass is 322 g/mol. The maximum atomic E-state index is 12.3.